The molecular weight excluding hydrogens is 586 g/mol. The van der Waals surface area contributed by atoms with E-state index in [-0.39, 0.29) is 31.5 Å². The maximum Gasteiger partial charge on any atom is 0.264 e. The van der Waals surface area contributed by atoms with Crippen LogP contribution in [0.2, 0.25) is 0 Å². The summed E-state index contributed by atoms with van der Waals surface area (Å²) in [4.78, 5) is 42.3. The average Bonchev–Trinajstić information content (AvgIpc) is 3.61. The van der Waals surface area contributed by atoms with Crippen LogP contribution < -0.4 is 10.2 Å². The van der Waals surface area contributed by atoms with E-state index in [1.165, 1.54) is 4.90 Å². The Morgan fingerprint density at radius 3 is 2.49 bits per heavy atom. The highest BCUT2D eigenvalue weighted by atomic mass is 16.6. The first-order valence-corrected chi connectivity index (χ1v) is 15.0. The van der Waals surface area contributed by atoms with Crippen molar-refractivity contribution in [3.05, 3.63) is 71.8 Å². The standard InChI is InChI=1S/C32H39N3O10/c1-18(6-4-10-24(37)34-15-5-7-21(34)17-36)32(44)22-8-2-3-9-23(22)35(31(32)43)16-19-11-13-20(14-12-19)33-29(41)28-26(39)25(38)27(40)30(42)45-28/h2-4,6,8-9,11-14,18,21,25-28,30,36,38-40,42,44H,5,7,10,15-17H2,1H3,(H,33,41)/b6-4+/t18-,21-,25-,26-,27+,28-,30+,32+/m0/s1. The molecule has 45 heavy (non-hydrogen) atoms. The fraction of sp³-hybridized carbons (Fsp3) is 0.469. The predicted molar refractivity (Wildman–Crippen MR) is 160 cm³/mol. The third-order valence-electron chi connectivity index (χ3n) is 8.87. The number of anilines is 2. The van der Waals surface area contributed by atoms with E-state index in [1.54, 1.807) is 72.5 Å². The molecule has 242 valence electrons. The molecule has 2 fully saturated rings. The maximum absolute atomic E-state index is 13.8. The van der Waals surface area contributed by atoms with Gasteiger partial charge < -0.3 is 50.5 Å². The van der Waals surface area contributed by atoms with Crippen molar-refractivity contribution in [1.29, 1.82) is 0 Å². The summed E-state index contributed by atoms with van der Waals surface area (Å²) in [5, 5.41) is 63.2. The summed E-state index contributed by atoms with van der Waals surface area (Å²) in [5.41, 5.74) is 0.120. The highest BCUT2D eigenvalue weighted by molar-refractivity contribution is 6.07. The maximum atomic E-state index is 13.8. The molecule has 8 atom stereocenters. The molecule has 5 rings (SSSR count). The van der Waals surface area contributed by atoms with Crippen molar-refractivity contribution in [1.82, 2.24) is 4.90 Å². The Morgan fingerprint density at radius 2 is 1.78 bits per heavy atom. The first-order valence-electron chi connectivity index (χ1n) is 15.0. The topological polar surface area (TPSA) is 200 Å². The monoisotopic (exact) mass is 625 g/mol. The number of fused-ring (bicyclic) bond motifs is 1. The van der Waals surface area contributed by atoms with Crippen LogP contribution in [0.5, 0.6) is 0 Å². The molecular formula is C32H39N3O10. The van der Waals surface area contributed by atoms with E-state index in [0.717, 1.165) is 12.8 Å². The molecule has 0 aliphatic carbocycles. The van der Waals surface area contributed by atoms with E-state index in [2.05, 4.69) is 5.32 Å². The van der Waals surface area contributed by atoms with E-state index in [4.69, 9.17) is 4.74 Å². The molecule has 0 radical (unpaired) electrons. The van der Waals surface area contributed by atoms with Crippen LogP contribution in [-0.2, 0) is 31.3 Å². The van der Waals surface area contributed by atoms with Gasteiger partial charge in [0, 0.05) is 30.1 Å². The van der Waals surface area contributed by atoms with Gasteiger partial charge in [-0.15, -0.1) is 0 Å². The van der Waals surface area contributed by atoms with Gasteiger partial charge >= 0.3 is 0 Å². The van der Waals surface area contributed by atoms with Gasteiger partial charge in [0.2, 0.25) is 5.91 Å². The van der Waals surface area contributed by atoms with E-state index in [0.29, 0.717) is 29.0 Å². The van der Waals surface area contributed by atoms with Crippen molar-refractivity contribution < 1.29 is 49.8 Å². The second kappa shape index (κ2) is 13.3. The van der Waals surface area contributed by atoms with Gasteiger partial charge in [0.1, 0.15) is 18.3 Å². The number of amides is 3. The van der Waals surface area contributed by atoms with E-state index < -0.39 is 54.0 Å². The number of para-hydroxylation sites is 1. The van der Waals surface area contributed by atoms with Crippen LogP contribution in [-0.4, -0.2) is 103 Å². The molecule has 0 spiro atoms. The quantitative estimate of drug-likeness (QED) is 0.182. The van der Waals surface area contributed by atoms with Crippen molar-refractivity contribution >= 4 is 29.1 Å². The zero-order valence-electron chi connectivity index (χ0n) is 24.8. The lowest BCUT2D eigenvalue weighted by Crippen LogP contribution is -2.60. The molecule has 0 saturated carbocycles. The molecule has 13 nitrogen and oxygen atoms in total. The highest BCUT2D eigenvalue weighted by Gasteiger charge is 2.52. The molecule has 2 saturated heterocycles. The number of ether oxygens (including phenoxy) is 1. The van der Waals surface area contributed by atoms with Gasteiger partial charge in [0.25, 0.3) is 11.8 Å². The van der Waals surface area contributed by atoms with Gasteiger partial charge in [0.05, 0.1) is 24.9 Å². The van der Waals surface area contributed by atoms with Gasteiger partial charge in [-0.1, -0.05) is 49.4 Å². The molecule has 2 aromatic rings. The van der Waals surface area contributed by atoms with Gasteiger partial charge in [-0.05, 0) is 36.6 Å². The van der Waals surface area contributed by atoms with Crippen LogP contribution in [0.25, 0.3) is 0 Å². The molecule has 13 heteroatoms. The number of hydrogen-bond donors (Lipinski definition) is 7. The number of nitrogens with one attached hydrogen (secondary N) is 1. The molecule has 3 aliphatic heterocycles. The molecule has 3 heterocycles. The minimum absolute atomic E-state index is 0.0779. The minimum Gasteiger partial charge on any atom is -0.394 e. The van der Waals surface area contributed by atoms with Gasteiger partial charge in [0.15, 0.2) is 18.0 Å². The van der Waals surface area contributed by atoms with Crippen molar-refractivity contribution in [3.8, 4) is 0 Å². The summed E-state index contributed by atoms with van der Waals surface area (Å²) in [6.45, 7) is 2.35. The van der Waals surface area contributed by atoms with Gasteiger partial charge in [-0.2, -0.15) is 0 Å². The highest BCUT2D eigenvalue weighted by Crippen LogP contribution is 2.45. The lowest BCUT2D eigenvalue weighted by Gasteiger charge is -2.37. The summed E-state index contributed by atoms with van der Waals surface area (Å²) in [6, 6.07) is 13.2. The van der Waals surface area contributed by atoms with Gasteiger partial charge in [-0.3, -0.25) is 14.4 Å². The van der Waals surface area contributed by atoms with Crippen LogP contribution in [0.3, 0.4) is 0 Å². The van der Waals surface area contributed by atoms with E-state index in [1.807, 2.05) is 0 Å². The van der Waals surface area contributed by atoms with Gasteiger partial charge in [-0.25, -0.2) is 0 Å². The fourth-order valence-corrected chi connectivity index (χ4v) is 6.21. The number of hydrogen-bond acceptors (Lipinski definition) is 10. The number of carbonyl (C=O) groups excluding carboxylic acids is 3. The number of carbonyl (C=O) groups is 3. The summed E-state index contributed by atoms with van der Waals surface area (Å²) in [7, 11) is 0. The Bertz CT molecular complexity index is 1430. The van der Waals surface area contributed by atoms with Crippen LogP contribution in [0.4, 0.5) is 11.4 Å². The Labute approximate surface area is 260 Å². The Hall–Kier alpha value is -3.69. The lowest BCUT2D eigenvalue weighted by molar-refractivity contribution is -0.274. The van der Waals surface area contributed by atoms with Crippen LogP contribution >= 0.6 is 0 Å². The second-order valence-electron chi connectivity index (χ2n) is 11.8. The molecule has 2 aromatic carbocycles. The molecule has 7 N–H and O–H groups in total. The molecule has 0 unspecified atom stereocenters. The lowest BCUT2D eigenvalue weighted by atomic mass is 9.83. The zero-order valence-corrected chi connectivity index (χ0v) is 24.8. The van der Waals surface area contributed by atoms with Crippen molar-refractivity contribution in [2.24, 2.45) is 5.92 Å². The predicted octanol–water partition coefficient (Wildman–Crippen LogP) is -0.275. The second-order valence-corrected chi connectivity index (χ2v) is 11.8. The SMILES string of the molecule is C[C@@H](/C=C/CC(=O)N1CCC[C@H]1CO)[C@]1(O)C(=O)N(Cc2ccc(NC(=O)[C@H]3O[C@@H](O)[C@H](O)[C@@H](O)[C@@H]3O)cc2)c2ccccc21. The van der Waals surface area contributed by atoms with Crippen LogP contribution in [0, 0.1) is 5.92 Å². The number of benzene rings is 2. The Balaban J connectivity index is 1.25. The first-order chi connectivity index (χ1) is 21.5. The fourth-order valence-electron chi connectivity index (χ4n) is 6.21. The van der Waals surface area contributed by atoms with E-state index >= 15 is 0 Å². The summed E-state index contributed by atoms with van der Waals surface area (Å²) in [5.74, 6) is -2.14. The largest absolute Gasteiger partial charge is 0.394 e. The molecule has 3 amide bonds. The number of rotatable bonds is 9. The summed E-state index contributed by atoms with van der Waals surface area (Å²) >= 11 is 0. The first kappa shape index (κ1) is 32.7. The van der Waals surface area contributed by atoms with Crippen molar-refractivity contribution in [2.45, 2.75) is 75.1 Å². The third-order valence-corrected chi connectivity index (χ3v) is 8.87. The van der Waals surface area contributed by atoms with Crippen molar-refractivity contribution in [3.63, 3.8) is 0 Å². The summed E-state index contributed by atoms with van der Waals surface area (Å²) in [6.07, 6.45) is -3.74. The minimum atomic E-state index is -1.87. The Morgan fingerprint density at radius 1 is 1.07 bits per heavy atom. The third kappa shape index (κ3) is 6.25. The number of aliphatic hydroxyl groups is 6. The van der Waals surface area contributed by atoms with E-state index in [9.17, 15) is 45.0 Å². The average molecular weight is 626 g/mol. The number of nitrogens with zero attached hydrogens (tertiary/aromatic N) is 2. The molecule has 3 aliphatic rings. The van der Waals surface area contributed by atoms with Crippen LogP contribution in [0.15, 0.2) is 60.7 Å². The normalized spacial score (nSPS) is 30.5. The molecule has 0 aromatic heterocycles. The zero-order chi connectivity index (χ0) is 32.5. The summed E-state index contributed by atoms with van der Waals surface area (Å²) < 4.78 is 4.96. The molecule has 0 bridgehead atoms. The number of likely N-dealkylation sites (tertiary alicyclic amines) is 1. The smallest absolute Gasteiger partial charge is 0.264 e. The van der Waals surface area contributed by atoms with Crippen LogP contribution in [0.1, 0.15) is 37.3 Å². The Kier molecular flexibility index (Phi) is 9.70. The number of aliphatic hydroxyl groups excluding tert-OH is 5. The van der Waals surface area contributed by atoms with Crippen molar-refractivity contribution in [2.75, 3.05) is 23.4 Å².